The summed E-state index contributed by atoms with van der Waals surface area (Å²) in [5.74, 6) is 4.87. The van der Waals surface area contributed by atoms with Gasteiger partial charge in [-0.1, -0.05) is 168 Å². The third-order valence-corrected chi connectivity index (χ3v) is 14.1. The fourth-order valence-corrected chi connectivity index (χ4v) is 10.2. The summed E-state index contributed by atoms with van der Waals surface area (Å²) in [6, 6.07) is 42.9. The van der Waals surface area contributed by atoms with E-state index in [1.54, 1.807) is 0 Å². The van der Waals surface area contributed by atoms with Gasteiger partial charge in [0.1, 0.15) is 35.6 Å². The van der Waals surface area contributed by atoms with Crippen molar-refractivity contribution in [1.82, 2.24) is 0 Å². The SMILES string of the molecule is CC(C)c1cc(C(C)C)c(C2=c3cc4c(cc3Oc3cc(-c5ccc(C=O)cc5)ccc32)=C(c2c(C(C)C)cc(C(C)C)cc2C(C)C)c2ccc(-c3ccc(C=O)cc3)cc2O4)c(C(C)C)c1. The second kappa shape index (κ2) is 18.4. The van der Waals surface area contributed by atoms with Crippen molar-refractivity contribution in [1.29, 1.82) is 0 Å². The molecule has 68 heavy (non-hydrogen) atoms. The van der Waals surface area contributed by atoms with Gasteiger partial charge in [0.05, 0.1) is 0 Å². The van der Waals surface area contributed by atoms with Crippen LogP contribution in [0.3, 0.4) is 0 Å². The van der Waals surface area contributed by atoms with Gasteiger partial charge in [-0.05, 0) is 139 Å². The van der Waals surface area contributed by atoms with E-state index in [1.165, 1.54) is 44.5 Å². The molecule has 0 atom stereocenters. The van der Waals surface area contributed by atoms with E-state index in [1.807, 2.05) is 48.5 Å². The Morgan fingerprint density at radius 3 is 0.926 bits per heavy atom. The first-order valence-corrected chi connectivity index (χ1v) is 24.6. The Morgan fingerprint density at radius 1 is 0.338 bits per heavy atom. The van der Waals surface area contributed by atoms with Crippen molar-refractivity contribution in [2.75, 3.05) is 0 Å². The molecule has 4 heteroatoms. The lowest BCUT2D eigenvalue weighted by atomic mass is 9.77. The highest BCUT2D eigenvalue weighted by Gasteiger charge is 2.32. The van der Waals surface area contributed by atoms with Crippen molar-refractivity contribution >= 4 is 23.7 Å². The smallest absolute Gasteiger partial charge is 0.150 e. The molecule has 0 saturated heterocycles. The molecule has 0 radical (unpaired) electrons. The number of carbonyl (C=O) groups is 2. The number of aldehydes is 2. The van der Waals surface area contributed by atoms with Crippen LogP contribution in [-0.2, 0) is 0 Å². The molecule has 0 N–H and O–H groups in total. The molecule has 4 nitrogen and oxygen atoms in total. The molecule has 0 spiro atoms. The Hall–Kier alpha value is -6.78. The van der Waals surface area contributed by atoms with Crippen molar-refractivity contribution in [3.63, 3.8) is 0 Å². The number of benzene rings is 7. The van der Waals surface area contributed by atoms with Crippen LogP contribution in [0.4, 0.5) is 0 Å². The molecule has 0 bridgehead atoms. The van der Waals surface area contributed by atoms with Crippen LogP contribution in [0.2, 0.25) is 0 Å². The second-order valence-electron chi connectivity index (χ2n) is 20.8. The van der Waals surface area contributed by atoms with Crippen molar-refractivity contribution in [2.45, 2.75) is 119 Å². The average molecular weight is 897 g/mol. The van der Waals surface area contributed by atoms with Gasteiger partial charge in [-0.2, -0.15) is 0 Å². The number of ether oxygens (including phenoxy) is 2. The minimum absolute atomic E-state index is 0.247. The first-order valence-electron chi connectivity index (χ1n) is 24.6. The first kappa shape index (κ1) is 46.3. The number of rotatable bonds is 12. The largest absolute Gasteiger partial charge is 0.456 e. The maximum Gasteiger partial charge on any atom is 0.150 e. The van der Waals surface area contributed by atoms with E-state index in [4.69, 9.17) is 9.47 Å². The maximum atomic E-state index is 11.6. The van der Waals surface area contributed by atoms with Crippen molar-refractivity contribution < 1.29 is 19.1 Å². The average Bonchev–Trinajstić information content (AvgIpc) is 3.33. The molecule has 7 aromatic carbocycles. The van der Waals surface area contributed by atoms with Crippen molar-refractivity contribution in [3.05, 3.63) is 199 Å². The van der Waals surface area contributed by atoms with Crippen molar-refractivity contribution in [2.24, 2.45) is 0 Å². The summed E-state index contributed by atoms with van der Waals surface area (Å²) in [5.41, 5.74) is 20.1. The second-order valence-corrected chi connectivity index (χ2v) is 20.8. The van der Waals surface area contributed by atoms with Crippen LogP contribution in [0.25, 0.3) is 33.4 Å². The van der Waals surface area contributed by atoms with Gasteiger partial charge in [-0.25, -0.2) is 0 Å². The van der Waals surface area contributed by atoms with Gasteiger partial charge in [0.15, 0.2) is 0 Å². The van der Waals surface area contributed by atoms with E-state index in [2.05, 4.69) is 156 Å². The summed E-state index contributed by atoms with van der Waals surface area (Å²) < 4.78 is 14.5. The Bertz CT molecular complexity index is 2970. The van der Waals surface area contributed by atoms with Gasteiger partial charge < -0.3 is 9.47 Å². The summed E-state index contributed by atoms with van der Waals surface area (Å²) in [5, 5.41) is 1.99. The Kier molecular flexibility index (Phi) is 12.5. The third kappa shape index (κ3) is 8.33. The molecule has 344 valence electrons. The van der Waals surface area contributed by atoms with Crippen LogP contribution < -0.4 is 19.9 Å². The predicted molar refractivity (Wildman–Crippen MR) is 281 cm³/mol. The topological polar surface area (TPSA) is 52.6 Å². The highest BCUT2D eigenvalue weighted by atomic mass is 16.5. The first-order chi connectivity index (χ1) is 32.6. The number of carbonyl (C=O) groups excluding carboxylic acids is 2. The van der Waals surface area contributed by atoms with Gasteiger partial charge in [-0.15, -0.1) is 0 Å². The molecular weight excluding hydrogens is 833 g/mol. The lowest BCUT2D eigenvalue weighted by Gasteiger charge is -2.30. The molecule has 9 rings (SSSR count). The summed E-state index contributed by atoms with van der Waals surface area (Å²) in [6.45, 7) is 27.6. The zero-order valence-corrected chi connectivity index (χ0v) is 41.8. The third-order valence-electron chi connectivity index (χ3n) is 14.1. The van der Waals surface area contributed by atoms with Gasteiger partial charge >= 0.3 is 0 Å². The number of hydrogen-bond acceptors (Lipinski definition) is 4. The molecule has 0 aromatic heterocycles. The van der Waals surface area contributed by atoms with Crippen LogP contribution in [0.1, 0.15) is 195 Å². The molecule has 0 saturated carbocycles. The van der Waals surface area contributed by atoms with E-state index in [-0.39, 0.29) is 23.7 Å². The van der Waals surface area contributed by atoms with E-state index < -0.39 is 0 Å². The molecule has 0 unspecified atom stereocenters. The zero-order chi connectivity index (χ0) is 48.3. The summed E-state index contributed by atoms with van der Waals surface area (Å²) >= 11 is 0. The molecule has 2 aliphatic rings. The van der Waals surface area contributed by atoms with E-state index >= 15 is 0 Å². The van der Waals surface area contributed by atoms with Crippen LogP contribution in [-0.4, -0.2) is 12.6 Å². The Morgan fingerprint density at radius 2 is 0.647 bits per heavy atom. The number of hydrogen-bond donors (Lipinski definition) is 0. The minimum Gasteiger partial charge on any atom is -0.456 e. The summed E-state index contributed by atoms with van der Waals surface area (Å²) in [6.07, 6.45) is 1.77. The fourth-order valence-electron chi connectivity index (χ4n) is 10.2. The predicted octanol–water partition coefficient (Wildman–Crippen LogP) is 16.1. The highest BCUT2D eigenvalue weighted by molar-refractivity contribution is 5.93. The van der Waals surface area contributed by atoms with Crippen LogP contribution in [0, 0.1) is 0 Å². The van der Waals surface area contributed by atoms with Crippen molar-refractivity contribution in [3.8, 4) is 45.3 Å². The van der Waals surface area contributed by atoms with Gasteiger partial charge in [0.2, 0.25) is 0 Å². The minimum atomic E-state index is 0.247. The maximum absolute atomic E-state index is 11.6. The Labute approximate surface area is 403 Å². The quantitative estimate of drug-likeness (QED) is 0.115. The van der Waals surface area contributed by atoms with Gasteiger partial charge in [0.25, 0.3) is 0 Å². The lowest BCUT2D eigenvalue weighted by molar-refractivity contribution is 0.111. The standard InChI is InChI=1S/C64H64O4/c1-35(2)47-25-51(37(5)6)63(52(26-47)38(7)8)61-49-23-21-45(43-17-13-41(33-65)14-18-43)29-57(49)67-59-32-56-60(31-55(59)61)68-58-30-46(44-19-15-42(34-66)16-20-44)22-24-50(58)62(56)64-53(39(9)10)27-48(36(3)4)28-54(64)40(11)12/h13-40H,1-12H3. The van der Waals surface area contributed by atoms with Gasteiger partial charge in [-0.3, -0.25) is 9.59 Å². The monoisotopic (exact) mass is 896 g/mol. The molecule has 0 aliphatic carbocycles. The Balaban J connectivity index is 1.43. The van der Waals surface area contributed by atoms with Crippen LogP contribution in [0.5, 0.6) is 23.0 Å². The molecular formula is C64H64O4. The zero-order valence-electron chi connectivity index (χ0n) is 41.8. The van der Waals surface area contributed by atoms with E-state index in [0.717, 1.165) is 90.5 Å². The lowest BCUT2D eigenvalue weighted by Crippen LogP contribution is -2.26. The van der Waals surface area contributed by atoms with Gasteiger partial charge in [0, 0.05) is 43.8 Å². The van der Waals surface area contributed by atoms with E-state index in [0.29, 0.717) is 23.0 Å². The fraction of sp³-hybridized carbons (Fsp3) is 0.281. The van der Waals surface area contributed by atoms with E-state index in [9.17, 15) is 9.59 Å². The molecule has 2 heterocycles. The molecule has 0 fully saturated rings. The molecule has 0 amide bonds. The molecule has 2 aliphatic heterocycles. The van der Waals surface area contributed by atoms with Crippen LogP contribution >= 0.6 is 0 Å². The summed E-state index contributed by atoms with van der Waals surface area (Å²) in [4.78, 5) is 23.2. The van der Waals surface area contributed by atoms with Crippen LogP contribution in [0.15, 0.2) is 121 Å². The number of fused-ring (bicyclic) bond motifs is 4. The summed E-state index contributed by atoms with van der Waals surface area (Å²) in [7, 11) is 0. The highest BCUT2D eigenvalue weighted by Crippen LogP contribution is 2.47. The molecule has 7 aromatic rings. The normalized spacial score (nSPS) is 12.9.